The van der Waals surface area contributed by atoms with Gasteiger partial charge in [0.1, 0.15) is 0 Å². The third-order valence-electron chi connectivity index (χ3n) is 6.05. The lowest BCUT2D eigenvalue weighted by Gasteiger charge is -2.77. The second-order valence-corrected chi connectivity index (χ2v) is 6.99. The number of alkyl halides is 3. The Labute approximate surface area is 122 Å². The van der Waals surface area contributed by atoms with Crippen LogP contribution in [-0.4, -0.2) is 4.98 Å². The maximum absolute atomic E-state index is 12.5. The normalized spacial score (nSPS) is 36.0. The summed E-state index contributed by atoms with van der Waals surface area (Å²) in [5.41, 5.74) is 1.75. The molecule has 0 radical (unpaired) electrons. The topological polar surface area (TPSA) is 12.9 Å². The summed E-state index contributed by atoms with van der Waals surface area (Å²) in [5.74, 6) is 2.79. The van der Waals surface area contributed by atoms with Gasteiger partial charge in [0.05, 0.1) is 5.56 Å². The van der Waals surface area contributed by atoms with Crippen LogP contribution < -0.4 is 0 Å². The van der Waals surface area contributed by atoms with Crippen LogP contribution in [0.1, 0.15) is 36.9 Å². The lowest BCUT2D eigenvalue weighted by atomic mass is 9.27. The molecule has 0 saturated heterocycles. The summed E-state index contributed by atoms with van der Waals surface area (Å²) in [6.45, 7) is 4.27. The summed E-state index contributed by atoms with van der Waals surface area (Å²) in [7, 11) is 0. The molecular weight excluding hydrogens is 275 g/mol. The zero-order chi connectivity index (χ0) is 14.8. The van der Waals surface area contributed by atoms with Crippen molar-refractivity contribution in [2.75, 3.05) is 0 Å². The van der Waals surface area contributed by atoms with Gasteiger partial charge in [0, 0.05) is 11.9 Å². The van der Waals surface area contributed by atoms with Gasteiger partial charge in [-0.15, -0.1) is 0 Å². The summed E-state index contributed by atoms with van der Waals surface area (Å²) < 4.78 is 37.4. The zero-order valence-electron chi connectivity index (χ0n) is 11.8. The van der Waals surface area contributed by atoms with Crippen LogP contribution in [0.3, 0.4) is 0 Å². The summed E-state index contributed by atoms with van der Waals surface area (Å²) >= 11 is 0. The molecule has 2 unspecified atom stereocenters. The van der Waals surface area contributed by atoms with Crippen molar-refractivity contribution in [1.29, 1.82) is 0 Å². The smallest absolute Gasteiger partial charge is 0.261 e. The Kier molecular flexibility index (Phi) is 2.61. The Morgan fingerprint density at radius 1 is 1.29 bits per heavy atom. The first-order chi connectivity index (χ1) is 9.90. The van der Waals surface area contributed by atoms with Gasteiger partial charge in [-0.1, -0.05) is 12.2 Å². The van der Waals surface area contributed by atoms with Crippen molar-refractivity contribution in [1.82, 2.24) is 4.98 Å². The van der Waals surface area contributed by atoms with E-state index in [-0.39, 0.29) is 0 Å². The summed E-state index contributed by atoms with van der Waals surface area (Å²) in [5, 5.41) is 0. The van der Waals surface area contributed by atoms with E-state index < -0.39 is 11.7 Å². The minimum absolute atomic E-state index is 0.402. The van der Waals surface area contributed by atoms with Gasteiger partial charge in [-0.05, 0) is 67.4 Å². The molecule has 0 aromatic carbocycles. The average molecular weight is 293 g/mol. The van der Waals surface area contributed by atoms with Crippen LogP contribution in [-0.2, 0) is 12.6 Å². The number of rotatable bonds is 4. The molecule has 3 aliphatic rings. The van der Waals surface area contributed by atoms with Crippen LogP contribution in [0.15, 0.2) is 30.5 Å². The fourth-order valence-corrected chi connectivity index (χ4v) is 4.96. The molecule has 3 saturated carbocycles. The maximum Gasteiger partial charge on any atom is 0.417 e. The van der Waals surface area contributed by atoms with Crippen molar-refractivity contribution in [3.05, 3.63) is 41.7 Å². The SMILES string of the molecule is C=C(CCc1ccc(C(F)(F)F)cn1)C12CC3CC(C1)C32. The number of allylic oxidation sites excluding steroid dienone is 1. The molecule has 0 N–H and O–H groups in total. The Morgan fingerprint density at radius 2 is 2.00 bits per heavy atom. The molecule has 0 bridgehead atoms. The predicted octanol–water partition coefficient (Wildman–Crippen LogP) is 4.64. The Bertz CT molecular complexity index is 575. The highest BCUT2D eigenvalue weighted by molar-refractivity contribution is 5.32. The van der Waals surface area contributed by atoms with Gasteiger partial charge < -0.3 is 0 Å². The molecule has 112 valence electrons. The molecule has 1 aromatic heterocycles. The van der Waals surface area contributed by atoms with E-state index in [0.29, 0.717) is 11.8 Å². The fourth-order valence-electron chi connectivity index (χ4n) is 4.96. The number of aromatic nitrogens is 1. The van der Waals surface area contributed by atoms with Gasteiger partial charge in [-0.2, -0.15) is 13.2 Å². The monoisotopic (exact) mass is 293 g/mol. The van der Waals surface area contributed by atoms with Gasteiger partial charge >= 0.3 is 6.18 Å². The van der Waals surface area contributed by atoms with Crippen molar-refractivity contribution in [3.8, 4) is 0 Å². The van der Waals surface area contributed by atoms with Gasteiger partial charge in [-0.25, -0.2) is 0 Å². The van der Waals surface area contributed by atoms with Crippen molar-refractivity contribution in [2.45, 2.75) is 38.3 Å². The second kappa shape index (κ2) is 4.11. The van der Waals surface area contributed by atoms with Gasteiger partial charge in [-0.3, -0.25) is 4.98 Å². The van der Waals surface area contributed by atoms with Crippen LogP contribution in [0.2, 0.25) is 0 Å². The number of nitrogens with zero attached hydrogens (tertiary/aromatic N) is 1. The molecule has 3 aliphatic carbocycles. The van der Waals surface area contributed by atoms with Crippen LogP contribution >= 0.6 is 0 Å². The predicted molar refractivity (Wildman–Crippen MR) is 73.5 cm³/mol. The fraction of sp³-hybridized carbons (Fsp3) is 0.588. The minimum Gasteiger partial charge on any atom is -0.261 e. The molecule has 0 aliphatic heterocycles. The minimum atomic E-state index is -4.31. The van der Waals surface area contributed by atoms with Crippen molar-refractivity contribution in [2.24, 2.45) is 23.2 Å². The van der Waals surface area contributed by atoms with Crippen molar-refractivity contribution in [3.63, 3.8) is 0 Å². The summed E-state index contributed by atoms with van der Waals surface area (Å²) in [6.07, 6.45) is 2.19. The average Bonchev–Trinajstić information content (AvgIpc) is 2.43. The first-order valence-corrected chi connectivity index (χ1v) is 7.60. The second-order valence-electron chi connectivity index (χ2n) is 6.99. The van der Waals surface area contributed by atoms with E-state index in [2.05, 4.69) is 11.6 Å². The highest BCUT2D eigenvalue weighted by Gasteiger charge is 2.71. The standard InChI is InChI=1S/C17H18F3N/c1-10(16-7-11-6-12(8-16)15(11)16)2-4-14-5-3-13(9-21-14)17(18,19)20/h3,5,9,11-12,15H,1-2,4,6-8H2. The highest BCUT2D eigenvalue weighted by Crippen LogP contribution is 2.79. The number of hydrogen-bond donors (Lipinski definition) is 0. The first-order valence-electron chi connectivity index (χ1n) is 7.60. The van der Waals surface area contributed by atoms with E-state index in [9.17, 15) is 13.2 Å². The number of aryl methyl sites for hydroxylation is 1. The Balaban J connectivity index is 1.36. The molecule has 0 spiro atoms. The molecule has 1 heterocycles. The van der Waals surface area contributed by atoms with E-state index in [1.165, 1.54) is 30.9 Å². The lowest BCUT2D eigenvalue weighted by Crippen LogP contribution is -2.69. The Morgan fingerprint density at radius 3 is 2.48 bits per heavy atom. The summed E-state index contributed by atoms with van der Waals surface area (Å²) in [4.78, 5) is 3.94. The molecule has 1 aromatic rings. The zero-order valence-corrected chi connectivity index (χ0v) is 11.8. The number of pyridine rings is 1. The van der Waals surface area contributed by atoms with E-state index in [1.54, 1.807) is 0 Å². The van der Waals surface area contributed by atoms with Crippen LogP contribution in [0.4, 0.5) is 13.2 Å². The number of hydrogen-bond acceptors (Lipinski definition) is 1. The van der Waals surface area contributed by atoms with Crippen LogP contribution in [0.25, 0.3) is 0 Å². The van der Waals surface area contributed by atoms with E-state index in [0.717, 1.165) is 42.1 Å². The molecule has 3 fully saturated rings. The molecule has 4 heteroatoms. The van der Waals surface area contributed by atoms with Crippen molar-refractivity contribution < 1.29 is 13.2 Å². The van der Waals surface area contributed by atoms with Gasteiger partial charge in [0.2, 0.25) is 0 Å². The molecule has 2 atom stereocenters. The van der Waals surface area contributed by atoms with E-state index in [1.807, 2.05) is 0 Å². The molecule has 21 heavy (non-hydrogen) atoms. The van der Waals surface area contributed by atoms with E-state index >= 15 is 0 Å². The molecule has 0 amide bonds. The molecule has 4 rings (SSSR count). The molecule has 1 nitrogen and oxygen atoms in total. The third-order valence-corrected chi connectivity index (χ3v) is 6.05. The van der Waals surface area contributed by atoms with Gasteiger partial charge in [0.15, 0.2) is 0 Å². The van der Waals surface area contributed by atoms with E-state index in [4.69, 9.17) is 0 Å². The third kappa shape index (κ3) is 1.80. The van der Waals surface area contributed by atoms with Crippen LogP contribution in [0, 0.1) is 23.2 Å². The number of halogens is 3. The lowest BCUT2D eigenvalue weighted by molar-refractivity contribution is -0.249. The van der Waals surface area contributed by atoms with Gasteiger partial charge in [0.25, 0.3) is 0 Å². The quantitative estimate of drug-likeness (QED) is 0.737. The first kappa shape index (κ1) is 13.4. The van der Waals surface area contributed by atoms with Crippen molar-refractivity contribution >= 4 is 0 Å². The largest absolute Gasteiger partial charge is 0.417 e. The molecular formula is C17H18F3N. The van der Waals surface area contributed by atoms with Crippen LogP contribution in [0.5, 0.6) is 0 Å². The maximum atomic E-state index is 12.5. The Hall–Kier alpha value is -1.32. The summed E-state index contributed by atoms with van der Waals surface area (Å²) in [6, 6.07) is 2.61. The highest BCUT2D eigenvalue weighted by atomic mass is 19.4.